The molecule has 0 unspecified atom stereocenters. The minimum atomic E-state index is -3.50. The Labute approximate surface area is 94.1 Å². The van der Waals surface area contributed by atoms with Crippen molar-refractivity contribution < 1.29 is 8.42 Å². The summed E-state index contributed by atoms with van der Waals surface area (Å²) in [6.07, 6.45) is 4.71. The van der Waals surface area contributed by atoms with Crippen molar-refractivity contribution in [3.8, 4) is 0 Å². The molecule has 0 amide bonds. The van der Waals surface area contributed by atoms with Crippen LogP contribution in [0.5, 0.6) is 0 Å². The number of aliphatic imine (C=N–C) groups is 1. The van der Waals surface area contributed by atoms with Gasteiger partial charge in [0.15, 0.2) is 0 Å². The Bertz CT molecular complexity index is 508. The van der Waals surface area contributed by atoms with Gasteiger partial charge in [-0.2, -0.15) is 0 Å². The van der Waals surface area contributed by atoms with Gasteiger partial charge in [0.2, 0.25) is 0 Å². The molecule has 0 aromatic heterocycles. The van der Waals surface area contributed by atoms with Crippen molar-refractivity contribution in [1.29, 1.82) is 0 Å². The Hall–Kier alpha value is -1.66. The second-order valence-corrected chi connectivity index (χ2v) is 4.85. The summed E-state index contributed by atoms with van der Waals surface area (Å²) < 4.78 is 23.7. The molecule has 1 aromatic carbocycles. The Balaban J connectivity index is 2.15. The molecule has 5 nitrogen and oxygen atoms in total. The van der Waals surface area contributed by atoms with Crippen molar-refractivity contribution in [1.82, 2.24) is 9.84 Å². The Morgan fingerprint density at radius 2 is 2.00 bits per heavy atom. The largest absolute Gasteiger partial charge is 0.295 e. The number of hydrazine groups is 1. The van der Waals surface area contributed by atoms with E-state index in [-0.39, 0.29) is 4.90 Å². The lowest BCUT2D eigenvalue weighted by molar-refractivity contribution is 0.379. The summed E-state index contributed by atoms with van der Waals surface area (Å²) in [5.41, 5.74) is 0. The van der Waals surface area contributed by atoms with Gasteiger partial charge in [-0.1, -0.05) is 18.2 Å². The number of hydrogen-bond acceptors (Lipinski definition) is 4. The second kappa shape index (κ2) is 4.46. The first-order chi connectivity index (χ1) is 7.68. The molecule has 6 heteroatoms. The summed E-state index contributed by atoms with van der Waals surface area (Å²) in [4.78, 5) is 6.53. The maximum absolute atomic E-state index is 11.9. The third kappa shape index (κ3) is 2.47. The van der Waals surface area contributed by atoms with Gasteiger partial charge in [0.25, 0.3) is 10.0 Å². The highest BCUT2D eigenvalue weighted by Crippen LogP contribution is 2.08. The quantitative estimate of drug-likeness (QED) is 0.843. The zero-order valence-electron chi connectivity index (χ0n) is 8.45. The van der Waals surface area contributed by atoms with E-state index in [9.17, 15) is 8.42 Å². The van der Waals surface area contributed by atoms with Crippen LogP contribution in [0.2, 0.25) is 0 Å². The minimum Gasteiger partial charge on any atom is -0.295 e. The van der Waals surface area contributed by atoms with Gasteiger partial charge in [0.05, 0.1) is 11.4 Å². The molecule has 16 heavy (non-hydrogen) atoms. The zero-order valence-corrected chi connectivity index (χ0v) is 9.26. The first kappa shape index (κ1) is 10.8. The van der Waals surface area contributed by atoms with Crippen LogP contribution in [0, 0.1) is 0 Å². The average molecular weight is 237 g/mol. The van der Waals surface area contributed by atoms with Crippen LogP contribution in [0.1, 0.15) is 0 Å². The van der Waals surface area contributed by atoms with Crippen LogP contribution < -0.4 is 4.83 Å². The number of nitrogens with zero attached hydrogens (tertiary/aromatic N) is 2. The van der Waals surface area contributed by atoms with Gasteiger partial charge in [0.1, 0.15) is 0 Å². The van der Waals surface area contributed by atoms with E-state index in [0.717, 1.165) is 0 Å². The SMILES string of the molecule is O=S(=O)(NN1C=CN=CC1)c1ccccc1. The lowest BCUT2D eigenvalue weighted by atomic mass is 10.4. The average Bonchev–Trinajstić information content (AvgIpc) is 2.31. The summed E-state index contributed by atoms with van der Waals surface area (Å²) in [5.74, 6) is 0. The van der Waals surface area contributed by atoms with Crippen LogP contribution >= 0.6 is 0 Å². The first-order valence-electron chi connectivity index (χ1n) is 4.71. The van der Waals surface area contributed by atoms with E-state index < -0.39 is 10.0 Å². The molecule has 1 N–H and O–H groups in total. The topological polar surface area (TPSA) is 61.8 Å². The molecule has 1 aliphatic heterocycles. The highest BCUT2D eigenvalue weighted by Gasteiger charge is 2.15. The van der Waals surface area contributed by atoms with Crippen LogP contribution in [0.15, 0.2) is 52.6 Å². The summed E-state index contributed by atoms with van der Waals surface area (Å²) in [6, 6.07) is 8.23. The fourth-order valence-corrected chi connectivity index (χ4v) is 2.32. The highest BCUT2D eigenvalue weighted by molar-refractivity contribution is 7.89. The Kier molecular flexibility index (Phi) is 3.02. The third-order valence-corrected chi connectivity index (χ3v) is 3.38. The Morgan fingerprint density at radius 3 is 2.62 bits per heavy atom. The fraction of sp³-hybridized carbons (Fsp3) is 0.100. The Morgan fingerprint density at radius 1 is 1.25 bits per heavy atom. The molecule has 1 aliphatic rings. The van der Waals surface area contributed by atoms with Crippen molar-refractivity contribution in [3.63, 3.8) is 0 Å². The van der Waals surface area contributed by atoms with E-state index in [1.54, 1.807) is 42.7 Å². The fourth-order valence-electron chi connectivity index (χ4n) is 1.25. The normalized spacial score (nSPS) is 15.4. The molecule has 0 saturated carbocycles. The number of sulfonamides is 1. The number of nitrogens with one attached hydrogen (secondary N) is 1. The predicted octanol–water partition coefficient (Wildman–Crippen LogP) is 0.737. The van der Waals surface area contributed by atoms with Gasteiger partial charge in [-0.25, -0.2) is 8.42 Å². The van der Waals surface area contributed by atoms with Crippen molar-refractivity contribution in [3.05, 3.63) is 42.7 Å². The summed E-state index contributed by atoms with van der Waals surface area (Å²) in [7, 11) is -3.50. The van der Waals surface area contributed by atoms with Gasteiger partial charge < -0.3 is 0 Å². The van der Waals surface area contributed by atoms with Crippen molar-refractivity contribution in [2.24, 2.45) is 4.99 Å². The van der Waals surface area contributed by atoms with Crippen molar-refractivity contribution >= 4 is 16.2 Å². The second-order valence-electron chi connectivity index (χ2n) is 3.19. The van der Waals surface area contributed by atoms with E-state index in [0.29, 0.717) is 6.54 Å². The molecule has 0 radical (unpaired) electrons. The van der Waals surface area contributed by atoms with Crippen LogP contribution in [0.3, 0.4) is 0 Å². The molecular formula is C10H11N3O2S. The molecule has 1 aromatic rings. The number of benzene rings is 1. The maximum atomic E-state index is 11.9. The monoisotopic (exact) mass is 237 g/mol. The van der Waals surface area contributed by atoms with E-state index in [2.05, 4.69) is 9.82 Å². The lowest BCUT2D eigenvalue weighted by Crippen LogP contribution is -2.40. The molecule has 0 saturated heterocycles. The van der Waals surface area contributed by atoms with Crippen LogP contribution in [-0.2, 0) is 10.0 Å². The molecule has 0 spiro atoms. The third-order valence-electron chi connectivity index (χ3n) is 2.01. The van der Waals surface area contributed by atoms with Crippen molar-refractivity contribution in [2.75, 3.05) is 6.54 Å². The van der Waals surface area contributed by atoms with Crippen molar-refractivity contribution in [2.45, 2.75) is 4.90 Å². The molecule has 2 rings (SSSR count). The number of rotatable bonds is 3. The van der Waals surface area contributed by atoms with Gasteiger partial charge in [0, 0.05) is 18.6 Å². The molecule has 0 atom stereocenters. The summed E-state index contributed by atoms with van der Waals surface area (Å²) in [6.45, 7) is 0.419. The smallest absolute Gasteiger partial charge is 0.257 e. The van der Waals surface area contributed by atoms with E-state index in [4.69, 9.17) is 0 Å². The zero-order chi connectivity index (χ0) is 11.4. The van der Waals surface area contributed by atoms with Crippen LogP contribution in [0.4, 0.5) is 0 Å². The predicted molar refractivity (Wildman–Crippen MR) is 61.1 cm³/mol. The van der Waals surface area contributed by atoms with Gasteiger partial charge >= 0.3 is 0 Å². The molecule has 0 bridgehead atoms. The molecule has 0 aliphatic carbocycles. The van der Waals surface area contributed by atoms with E-state index in [1.165, 1.54) is 11.2 Å². The highest BCUT2D eigenvalue weighted by atomic mass is 32.2. The molecular weight excluding hydrogens is 226 g/mol. The lowest BCUT2D eigenvalue weighted by Gasteiger charge is -2.20. The van der Waals surface area contributed by atoms with Crippen LogP contribution in [0.25, 0.3) is 0 Å². The van der Waals surface area contributed by atoms with E-state index >= 15 is 0 Å². The molecule has 84 valence electrons. The summed E-state index contributed by atoms with van der Waals surface area (Å²) >= 11 is 0. The minimum absolute atomic E-state index is 0.242. The summed E-state index contributed by atoms with van der Waals surface area (Å²) in [5, 5.41) is 1.45. The molecule has 1 heterocycles. The van der Waals surface area contributed by atoms with Crippen LogP contribution in [-0.4, -0.2) is 26.2 Å². The molecule has 0 fully saturated rings. The van der Waals surface area contributed by atoms with Gasteiger partial charge in [-0.05, 0) is 12.1 Å². The van der Waals surface area contributed by atoms with Gasteiger partial charge in [-0.15, -0.1) is 4.83 Å². The van der Waals surface area contributed by atoms with Gasteiger partial charge in [-0.3, -0.25) is 10.0 Å². The first-order valence-corrected chi connectivity index (χ1v) is 6.19. The van der Waals surface area contributed by atoms with E-state index in [1.807, 2.05) is 0 Å². The maximum Gasteiger partial charge on any atom is 0.257 e. The number of hydrogen-bond donors (Lipinski definition) is 1. The standard InChI is InChI=1S/C10H11N3O2S/c14-16(15,10-4-2-1-3-5-10)12-13-8-6-11-7-9-13/h1-8,12H,9H2.